The van der Waals surface area contributed by atoms with Gasteiger partial charge in [0.05, 0.1) is 26.2 Å². The van der Waals surface area contributed by atoms with Crippen molar-refractivity contribution in [3.63, 3.8) is 0 Å². The van der Waals surface area contributed by atoms with Gasteiger partial charge in [-0.15, -0.1) is 0 Å². The maximum Gasteiger partial charge on any atom is 0.387 e. The number of ketones is 1. The highest BCUT2D eigenvalue weighted by molar-refractivity contribution is 7.91. The monoisotopic (exact) mass is 524 g/mol. The molecule has 0 saturated heterocycles. The van der Waals surface area contributed by atoms with Crippen LogP contribution in [0.25, 0.3) is 22.2 Å². The zero-order valence-electron chi connectivity index (χ0n) is 17.5. The molecule has 6 nitrogen and oxygen atoms in total. The van der Waals surface area contributed by atoms with Crippen LogP contribution in [0, 0.1) is 0 Å². The molecule has 0 saturated carbocycles. The molecule has 3 aromatic carbocycles. The summed E-state index contributed by atoms with van der Waals surface area (Å²) in [5.74, 6) is -0.716. The normalized spacial score (nSPS) is 11.8. The Kier molecular flexibility index (Phi) is 6.62. The zero-order valence-corrected chi connectivity index (χ0v) is 19.8. The number of carbonyl (C=O) groups excluding carboxylic acids is 1. The Hall–Kier alpha value is -3.01. The van der Waals surface area contributed by atoms with E-state index in [0.29, 0.717) is 5.52 Å². The van der Waals surface area contributed by atoms with Gasteiger partial charge in [0, 0.05) is 16.7 Å². The van der Waals surface area contributed by atoms with Gasteiger partial charge in [-0.25, -0.2) is 13.4 Å². The lowest BCUT2D eigenvalue weighted by Gasteiger charge is -2.13. The summed E-state index contributed by atoms with van der Waals surface area (Å²) in [5, 5.41) is 0.187. The second kappa shape index (κ2) is 9.32. The topological polar surface area (TPSA) is 89.1 Å². The molecule has 0 atom stereocenters. The van der Waals surface area contributed by atoms with Crippen LogP contribution in [0.3, 0.4) is 0 Å². The van der Waals surface area contributed by atoms with Gasteiger partial charge in [-0.3, -0.25) is 4.79 Å². The predicted octanol–water partition coefficient (Wildman–Crippen LogP) is 6.16. The number of alkyl halides is 2. The highest BCUT2D eigenvalue weighted by atomic mass is 35.5. The van der Waals surface area contributed by atoms with Crippen LogP contribution in [0.1, 0.15) is 23.1 Å². The number of halogens is 4. The second-order valence-corrected chi connectivity index (χ2v) is 10.2. The van der Waals surface area contributed by atoms with Gasteiger partial charge in [0.2, 0.25) is 5.78 Å². The fraction of sp³-hybridized carbons (Fsp3) is 0.130. The van der Waals surface area contributed by atoms with Gasteiger partial charge in [-0.05, 0) is 36.4 Å². The number of rotatable bonds is 7. The van der Waals surface area contributed by atoms with Gasteiger partial charge in [-0.2, -0.15) is 8.78 Å². The van der Waals surface area contributed by atoms with E-state index in [9.17, 15) is 22.0 Å². The number of nitrogens with zero attached hydrogens (tertiary/aromatic N) is 1. The molecule has 1 heterocycles. The van der Waals surface area contributed by atoms with Crippen LogP contribution < -0.4 is 4.74 Å². The fourth-order valence-electron chi connectivity index (χ4n) is 3.42. The first-order valence-corrected chi connectivity index (χ1v) is 12.3. The summed E-state index contributed by atoms with van der Waals surface area (Å²) in [6.07, 6.45) is 0. The van der Waals surface area contributed by atoms with E-state index in [0.717, 1.165) is 0 Å². The standard InChI is InChI=1S/C23H16Cl2F2N2O4S/c1-2-34(31,32)13-9-7-12(8-10-13)21(30)22-28-16-11-15(24)18(19(25)20(16)29-22)14-5-3-4-6-17(14)33-23(26)27/h3-11,23H,2H2,1H3,(H,28,29). The van der Waals surface area contributed by atoms with E-state index in [1.807, 2.05) is 0 Å². The van der Waals surface area contributed by atoms with Crippen LogP contribution in [0.15, 0.2) is 59.5 Å². The Bertz CT molecular complexity index is 1500. The lowest BCUT2D eigenvalue weighted by molar-refractivity contribution is -0.0494. The van der Waals surface area contributed by atoms with Crippen molar-refractivity contribution in [2.24, 2.45) is 0 Å². The number of nitrogens with one attached hydrogen (secondary N) is 1. The molecule has 0 unspecified atom stereocenters. The number of H-pyrrole nitrogens is 1. The Labute approximate surface area is 203 Å². The summed E-state index contributed by atoms with van der Waals surface area (Å²) in [6, 6.07) is 13.0. The Morgan fingerprint density at radius 1 is 1.12 bits per heavy atom. The van der Waals surface area contributed by atoms with Crippen LogP contribution in [0.4, 0.5) is 8.78 Å². The summed E-state index contributed by atoms with van der Waals surface area (Å²) in [7, 11) is -3.40. The number of hydrogen-bond acceptors (Lipinski definition) is 5. The number of hydrogen-bond donors (Lipinski definition) is 1. The molecule has 176 valence electrons. The van der Waals surface area contributed by atoms with Gasteiger partial charge in [0.15, 0.2) is 15.7 Å². The first-order chi connectivity index (χ1) is 16.1. The van der Waals surface area contributed by atoms with Crippen molar-refractivity contribution in [2.75, 3.05) is 5.75 Å². The maximum atomic E-state index is 13.0. The summed E-state index contributed by atoms with van der Waals surface area (Å²) in [5.41, 5.74) is 1.25. The average molecular weight is 525 g/mol. The minimum absolute atomic E-state index is 0.0478. The number of carbonyl (C=O) groups is 1. The number of aromatic nitrogens is 2. The predicted molar refractivity (Wildman–Crippen MR) is 126 cm³/mol. The van der Waals surface area contributed by atoms with Crippen LogP contribution in [-0.2, 0) is 9.84 Å². The smallest absolute Gasteiger partial charge is 0.387 e. The fourth-order valence-corrected chi connectivity index (χ4v) is 5.01. The first kappa shape index (κ1) is 24.1. The molecule has 0 aliphatic carbocycles. The molecule has 34 heavy (non-hydrogen) atoms. The summed E-state index contributed by atoms with van der Waals surface area (Å²) in [4.78, 5) is 20.2. The quantitative estimate of drug-likeness (QED) is 0.292. The third-order valence-corrected chi connectivity index (χ3v) is 7.53. The molecule has 0 spiro atoms. The van der Waals surface area contributed by atoms with Crippen molar-refractivity contribution in [1.82, 2.24) is 9.97 Å². The molecule has 0 bridgehead atoms. The summed E-state index contributed by atoms with van der Waals surface area (Å²) >= 11 is 13.0. The molecular formula is C23H16Cl2F2N2O4S. The molecule has 4 rings (SSSR count). The van der Waals surface area contributed by atoms with Crippen LogP contribution in [0.5, 0.6) is 5.75 Å². The van der Waals surface area contributed by atoms with E-state index in [-0.39, 0.29) is 54.5 Å². The third kappa shape index (κ3) is 4.51. The van der Waals surface area contributed by atoms with Crippen molar-refractivity contribution >= 4 is 49.9 Å². The van der Waals surface area contributed by atoms with Crippen LogP contribution >= 0.6 is 23.2 Å². The minimum Gasteiger partial charge on any atom is -0.434 e. The van der Waals surface area contributed by atoms with Crippen molar-refractivity contribution in [3.8, 4) is 16.9 Å². The van der Waals surface area contributed by atoms with Crippen molar-refractivity contribution in [2.45, 2.75) is 18.4 Å². The lowest BCUT2D eigenvalue weighted by atomic mass is 10.0. The van der Waals surface area contributed by atoms with E-state index in [2.05, 4.69) is 14.7 Å². The van der Waals surface area contributed by atoms with Gasteiger partial charge in [0.25, 0.3) is 0 Å². The molecule has 1 N–H and O–H groups in total. The number of aromatic amines is 1. The highest BCUT2D eigenvalue weighted by Gasteiger charge is 2.22. The minimum atomic E-state index is -3.40. The zero-order chi connectivity index (χ0) is 24.6. The number of sulfone groups is 1. The second-order valence-electron chi connectivity index (χ2n) is 7.16. The lowest BCUT2D eigenvalue weighted by Crippen LogP contribution is -2.06. The van der Waals surface area contributed by atoms with E-state index >= 15 is 0 Å². The number of ether oxygens (including phenoxy) is 1. The maximum absolute atomic E-state index is 13.0. The average Bonchev–Trinajstić information content (AvgIpc) is 3.23. The van der Waals surface area contributed by atoms with E-state index in [1.165, 1.54) is 55.5 Å². The number of benzene rings is 3. The van der Waals surface area contributed by atoms with Crippen molar-refractivity contribution in [1.29, 1.82) is 0 Å². The summed E-state index contributed by atoms with van der Waals surface area (Å²) in [6.45, 7) is -1.51. The molecule has 0 fully saturated rings. The van der Waals surface area contributed by atoms with E-state index in [1.54, 1.807) is 6.07 Å². The Morgan fingerprint density at radius 3 is 2.44 bits per heavy atom. The highest BCUT2D eigenvalue weighted by Crippen LogP contribution is 2.43. The SMILES string of the molecule is CCS(=O)(=O)c1ccc(C(=O)c2nc3c(Cl)c(-c4ccccc4OC(F)F)c(Cl)cc3[nH]2)cc1. The van der Waals surface area contributed by atoms with Crippen molar-refractivity contribution in [3.05, 3.63) is 76.0 Å². The molecule has 11 heteroatoms. The van der Waals surface area contributed by atoms with Crippen molar-refractivity contribution < 1.29 is 26.7 Å². The van der Waals surface area contributed by atoms with E-state index in [4.69, 9.17) is 23.2 Å². The first-order valence-electron chi connectivity index (χ1n) is 9.91. The molecule has 4 aromatic rings. The van der Waals surface area contributed by atoms with E-state index < -0.39 is 22.2 Å². The van der Waals surface area contributed by atoms with Gasteiger partial charge >= 0.3 is 6.61 Å². The molecule has 0 amide bonds. The summed E-state index contributed by atoms with van der Waals surface area (Å²) < 4.78 is 54.3. The van der Waals surface area contributed by atoms with Gasteiger partial charge in [-0.1, -0.05) is 48.3 Å². The number of imidazole rings is 1. The van der Waals surface area contributed by atoms with Crippen LogP contribution in [0.2, 0.25) is 10.0 Å². The van der Waals surface area contributed by atoms with Gasteiger partial charge < -0.3 is 9.72 Å². The molecule has 1 aromatic heterocycles. The Balaban J connectivity index is 1.76. The molecule has 0 aliphatic heterocycles. The largest absolute Gasteiger partial charge is 0.434 e. The molecule has 0 aliphatic rings. The number of para-hydroxylation sites is 1. The molecule has 0 radical (unpaired) electrons. The molecular weight excluding hydrogens is 509 g/mol. The van der Waals surface area contributed by atoms with Crippen LogP contribution in [-0.4, -0.2) is 36.5 Å². The number of fused-ring (bicyclic) bond motifs is 1. The van der Waals surface area contributed by atoms with Gasteiger partial charge in [0.1, 0.15) is 11.3 Å². The third-order valence-electron chi connectivity index (χ3n) is 5.11. The Morgan fingerprint density at radius 2 is 1.79 bits per heavy atom.